The van der Waals surface area contributed by atoms with Crippen LogP contribution in [0.5, 0.6) is 0 Å². The first kappa shape index (κ1) is 10.4. The monoisotopic (exact) mass is 227 g/mol. The number of hydrogen-bond donors (Lipinski definition) is 1. The van der Waals surface area contributed by atoms with E-state index in [1.54, 1.807) is 0 Å². The van der Waals surface area contributed by atoms with Crippen LogP contribution in [-0.4, -0.2) is 18.0 Å². The summed E-state index contributed by atoms with van der Waals surface area (Å²) < 4.78 is 0. The van der Waals surface area contributed by atoms with Gasteiger partial charge in [-0.2, -0.15) is 0 Å². The van der Waals surface area contributed by atoms with Gasteiger partial charge < -0.3 is 5.32 Å². The Morgan fingerprint density at radius 1 is 1.00 bits per heavy atom. The largest absolute Gasteiger partial charge is 0.312 e. The fourth-order valence-corrected chi connectivity index (χ4v) is 4.01. The van der Waals surface area contributed by atoms with Crippen LogP contribution < -0.4 is 5.32 Å². The Balaban J connectivity index is 1.41. The van der Waals surface area contributed by atoms with Crippen molar-refractivity contribution in [2.45, 2.75) is 56.4 Å². The van der Waals surface area contributed by atoms with Crippen LogP contribution in [0.3, 0.4) is 0 Å². The van der Waals surface area contributed by atoms with Gasteiger partial charge in [0.15, 0.2) is 0 Å². The van der Waals surface area contributed by atoms with Crippen molar-refractivity contribution in [1.82, 2.24) is 5.32 Å². The fourth-order valence-electron chi connectivity index (χ4n) is 3.64. The van der Waals surface area contributed by atoms with E-state index in [1.807, 2.05) is 0 Å². The van der Waals surface area contributed by atoms with Crippen LogP contribution in [-0.2, 0) is 0 Å². The first-order valence-electron chi connectivity index (χ1n) is 6.70. The molecular formula is C13H22ClN. The van der Waals surface area contributed by atoms with E-state index < -0.39 is 0 Å². The summed E-state index contributed by atoms with van der Waals surface area (Å²) in [7, 11) is 0. The lowest BCUT2D eigenvalue weighted by Crippen LogP contribution is -2.41. The minimum Gasteiger partial charge on any atom is -0.312 e. The van der Waals surface area contributed by atoms with Crippen molar-refractivity contribution in [3.8, 4) is 0 Å². The third-order valence-corrected chi connectivity index (χ3v) is 5.21. The Morgan fingerprint density at radius 3 is 2.47 bits per heavy atom. The SMILES string of the molecule is ClC1CCCCC1NCC1CC2CC2C1. The minimum absolute atomic E-state index is 0.398. The van der Waals surface area contributed by atoms with Gasteiger partial charge in [-0.15, -0.1) is 11.6 Å². The van der Waals surface area contributed by atoms with Crippen LogP contribution >= 0.6 is 11.6 Å². The molecule has 2 heteroatoms. The lowest BCUT2D eigenvalue weighted by atomic mass is 9.94. The highest BCUT2D eigenvalue weighted by molar-refractivity contribution is 6.21. The zero-order valence-corrected chi connectivity index (χ0v) is 10.2. The van der Waals surface area contributed by atoms with Crippen LogP contribution in [0.25, 0.3) is 0 Å². The smallest absolute Gasteiger partial charge is 0.0489 e. The van der Waals surface area contributed by atoms with Gasteiger partial charge in [-0.25, -0.2) is 0 Å². The van der Waals surface area contributed by atoms with Crippen molar-refractivity contribution in [2.75, 3.05) is 6.54 Å². The molecule has 4 unspecified atom stereocenters. The Hall–Kier alpha value is 0.250. The lowest BCUT2D eigenvalue weighted by Gasteiger charge is -2.29. The topological polar surface area (TPSA) is 12.0 Å². The summed E-state index contributed by atoms with van der Waals surface area (Å²) in [4.78, 5) is 0. The molecule has 0 aromatic heterocycles. The average molecular weight is 228 g/mol. The van der Waals surface area contributed by atoms with Crippen LogP contribution in [0.2, 0.25) is 0 Å². The van der Waals surface area contributed by atoms with E-state index in [9.17, 15) is 0 Å². The van der Waals surface area contributed by atoms with Gasteiger partial charge in [0.05, 0.1) is 0 Å². The molecule has 0 aromatic carbocycles. The molecule has 1 N–H and O–H groups in total. The van der Waals surface area contributed by atoms with E-state index in [1.165, 1.54) is 51.5 Å². The summed E-state index contributed by atoms with van der Waals surface area (Å²) in [5, 5.41) is 4.12. The summed E-state index contributed by atoms with van der Waals surface area (Å²) in [6, 6.07) is 0.609. The molecule has 3 rings (SSSR count). The van der Waals surface area contributed by atoms with E-state index in [4.69, 9.17) is 11.6 Å². The molecule has 0 spiro atoms. The third kappa shape index (κ3) is 2.34. The molecule has 1 nitrogen and oxygen atoms in total. The minimum atomic E-state index is 0.398. The summed E-state index contributed by atoms with van der Waals surface area (Å²) >= 11 is 6.34. The van der Waals surface area contributed by atoms with Crippen LogP contribution in [0.15, 0.2) is 0 Å². The second kappa shape index (κ2) is 4.25. The van der Waals surface area contributed by atoms with Crippen molar-refractivity contribution < 1.29 is 0 Å². The molecule has 86 valence electrons. The molecule has 0 aliphatic heterocycles. The van der Waals surface area contributed by atoms with Gasteiger partial charge >= 0.3 is 0 Å². The predicted octanol–water partition coefficient (Wildman–Crippen LogP) is 3.17. The van der Waals surface area contributed by atoms with Gasteiger partial charge in [-0.05, 0) is 56.4 Å². The molecule has 3 aliphatic rings. The Morgan fingerprint density at radius 2 is 1.73 bits per heavy atom. The van der Waals surface area contributed by atoms with Gasteiger partial charge in [0, 0.05) is 11.4 Å². The number of alkyl halides is 1. The zero-order valence-electron chi connectivity index (χ0n) is 9.42. The number of rotatable bonds is 3. The van der Waals surface area contributed by atoms with Crippen LogP contribution in [0.4, 0.5) is 0 Å². The average Bonchev–Trinajstić information content (AvgIpc) is 2.85. The molecule has 3 saturated carbocycles. The zero-order chi connectivity index (χ0) is 10.3. The first-order valence-corrected chi connectivity index (χ1v) is 7.14. The molecule has 0 bridgehead atoms. The maximum atomic E-state index is 6.34. The van der Waals surface area contributed by atoms with Gasteiger partial charge in [-0.1, -0.05) is 12.8 Å². The second-order valence-corrected chi connectivity index (χ2v) is 6.47. The number of hydrogen-bond acceptors (Lipinski definition) is 1. The van der Waals surface area contributed by atoms with Gasteiger partial charge in [0.1, 0.15) is 0 Å². The summed E-state index contributed by atoms with van der Waals surface area (Å²) in [6.07, 6.45) is 9.76. The second-order valence-electron chi connectivity index (χ2n) is 5.91. The van der Waals surface area contributed by atoms with Gasteiger partial charge in [0.25, 0.3) is 0 Å². The molecule has 0 saturated heterocycles. The quantitative estimate of drug-likeness (QED) is 0.731. The highest BCUT2D eigenvalue weighted by Gasteiger charge is 2.45. The van der Waals surface area contributed by atoms with Crippen molar-refractivity contribution in [3.05, 3.63) is 0 Å². The Kier molecular flexibility index (Phi) is 2.95. The Labute approximate surface area is 98.0 Å². The maximum absolute atomic E-state index is 6.34. The fraction of sp³-hybridized carbons (Fsp3) is 1.00. The number of halogens is 1. The molecule has 3 fully saturated rings. The Bertz CT molecular complexity index is 221. The molecule has 0 amide bonds. The highest BCUT2D eigenvalue weighted by atomic mass is 35.5. The van der Waals surface area contributed by atoms with Crippen LogP contribution in [0, 0.1) is 17.8 Å². The number of fused-ring (bicyclic) bond motifs is 1. The molecule has 0 aromatic rings. The predicted molar refractivity (Wildman–Crippen MR) is 64.2 cm³/mol. The van der Waals surface area contributed by atoms with E-state index >= 15 is 0 Å². The highest BCUT2D eigenvalue weighted by Crippen LogP contribution is 2.54. The normalized spacial score (nSPS) is 49.0. The van der Waals surface area contributed by atoms with Gasteiger partial charge in [0.2, 0.25) is 0 Å². The van der Waals surface area contributed by atoms with E-state index in [-0.39, 0.29) is 0 Å². The standard InChI is InChI=1S/C13H22ClN/c14-12-3-1-2-4-13(12)15-8-9-5-10-7-11(10)6-9/h9-13,15H,1-8H2. The summed E-state index contributed by atoms with van der Waals surface area (Å²) in [5.41, 5.74) is 0. The van der Waals surface area contributed by atoms with E-state index in [0.717, 1.165) is 17.8 Å². The van der Waals surface area contributed by atoms with Gasteiger partial charge in [-0.3, -0.25) is 0 Å². The van der Waals surface area contributed by atoms with E-state index in [2.05, 4.69) is 5.32 Å². The summed E-state index contributed by atoms with van der Waals surface area (Å²) in [6.45, 7) is 1.24. The molecule has 3 aliphatic carbocycles. The first-order chi connectivity index (χ1) is 7.33. The van der Waals surface area contributed by atoms with Crippen molar-refractivity contribution in [1.29, 1.82) is 0 Å². The molecule has 15 heavy (non-hydrogen) atoms. The van der Waals surface area contributed by atoms with E-state index in [0.29, 0.717) is 11.4 Å². The molecule has 0 heterocycles. The third-order valence-electron chi connectivity index (χ3n) is 4.69. The van der Waals surface area contributed by atoms with Crippen molar-refractivity contribution >= 4 is 11.6 Å². The molecular weight excluding hydrogens is 206 g/mol. The lowest BCUT2D eigenvalue weighted by molar-refractivity contribution is 0.343. The van der Waals surface area contributed by atoms with Crippen LogP contribution in [0.1, 0.15) is 44.9 Å². The number of nitrogens with one attached hydrogen (secondary N) is 1. The molecule has 0 radical (unpaired) electrons. The molecule has 4 atom stereocenters. The van der Waals surface area contributed by atoms with Crippen molar-refractivity contribution in [2.24, 2.45) is 17.8 Å². The summed E-state index contributed by atoms with van der Waals surface area (Å²) in [5.74, 6) is 3.21. The maximum Gasteiger partial charge on any atom is 0.0489 e. The van der Waals surface area contributed by atoms with Crippen molar-refractivity contribution in [3.63, 3.8) is 0 Å².